The quantitative estimate of drug-likeness (QED) is 0.809. The zero-order valence-corrected chi connectivity index (χ0v) is 14.2. The molecule has 1 fully saturated rings. The highest BCUT2D eigenvalue weighted by Crippen LogP contribution is 2.48. The van der Waals surface area contributed by atoms with Gasteiger partial charge in [-0.25, -0.2) is 4.79 Å². The van der Waals surface area contributed by atoms with Crippen LogP contribution in [0.4, 0.5) is 0 Å². The van der Waals surface area contributed by atoms with Crippen LogP contribution in [0.25, 0.3) is 0 Å². The molecule has 1 aromatic rings. The lowest BCUT2D eigenvalue weighted by atomic mass is 9.74. The van der Waals surface area contributed by atoms with Crippen molar-refractivity contribution in [1.82, 2.24) is 0 Å². The molecule has 0 saturated heterocycles. The van der Waals surface area contributed by atoms with Crippen molar-refractivity contribution in [2.24, 2.45) is 11.3 Å². The molecule has 2 aliphatic carbocycles. The number of carboxylic acid groups (broad SMARTS) is 1. The smallest absolute Gasteiger partial charge is 0.337 e. The molecule has 0 radical (unpaired) electrons. The number of carbonyl (C=O) groups is 1. The lowest BCUT2D eigenvalue weighted by molar-refractivity contribution is 0.0693. The number of thiophene rings is 1. The largest absolute Gasteiger partial charge is 0.478 e. The highest BCUT2D eigenvalue weighted by molar-refractivity contribution is 7.12. The van der Waals surface area contributed by atoms with E-state index in [0.29, 0.717) is 17.4 Å². The fourth-order valence-electron chi connectivity index (χ4n) is 4.14. The Morgan fingerprint density at radius 2 is 2.00 bits per heavy atom. The van der Waals surface area contributed by atoms with Crippen LogP contribution in [0.5, 0.6) is 0 Å². The normalized spacial score (nSPS) is 28.1. The zero-order valence-electron chi connectivity index (χ0n) is 13.4. The molecule has 1 N–H and O–H groups in total. The van der Waals surface area contributed by atoms with Gasteiger partial charge in [-0.3, -0.25) is 0 Å². The molecule has 0 amide bonds. The summed E-state index contributed by atoms with van der Waals surface area (Å²) in [7, 11) is 0. The molecule has 0 unspecified atom stereocenters. The van der Waals surface area contributed by atoms with E-state index < -0.39 is 5.97 Å². The molecule has 21 heavy (non-hydrogen) atoms. The van der Waals surface area contributed by atoms with E-state index in [1.54, 1.807) is 0 Å². The van der Waals surface area contributed by atoms with Crippen molar-refractivity contribution in [1.29, 1.82) is 0 Å². The molecule has 1 heterocycles. The minimum absolute atomic E-state index is 0.244. The van der Waals surface area contributed by atoms with Crippen molar-refractivity contribution in [2.75, 3.05) is 0 Å². The lowest BCUT2D eigenvalue weighted by Gasteiger charge is -2.30. The van der Waals surface area contributed by atoms with E-state index in [9.17, 15) is 9.90 Å². The second kappa shape index (κ2) is 5.42. The highest BCUT2D eigenvalue weighted by atomic mass is 32.1. The molecular formula is C18H26O2S. The number of aryl methyl sites for hydroxylation is 1. The predicted molar refractivity (Wildman–Crippen MR) is 87.5 cm³/mol. The van der Waals surface area contributed by atoms with Crippen molar-refractivity contribution in [3.8, 4) is 0 Å². The Morgan fingerprint density at radius 3 is 2.67 bits per heavy atom. The van der Waals surface area contributed by atoms with Crippen LogP contribution < -0.4 is 0 Å². The fraction of sp³-hybridized carbons (Fsp3) is 0.722. The van der Waals surface area contributed by atoms with Gasteiger partial charge in [0.25, 0.3) is 0 Å². The van der Waals surface area contributed by atoms with Crippen molar-refractivity contribution in [2.45, 2.75) is 71.6 Å². The molecular weight excluding hydrogens is 280 g/mol. The number of rotatable bonds is 2. The van der Waals surface area contributed by atoms with Gasteiger partial charge in [-0.2, -0.15) is 0 Å². The summed E-state index contributed by atoms with van der Waals surface area (Å²) in [6.07, 6.45) is 8.15. The Morgan fingerprint density at radius 1 is 1.29 bits per heavy atom. The molecule has 3 heteroatoms. The van der Waals surface area contributed by atoms with E-state index in [1.807, 2.05) is 11.3 Å². The number of fused-ring (bicyclic) bond motifs is 1. The maximum absolute atomic E-state index is 11.9. The molecule has 2 aliphatic rings. The van der Waals surface area contributed by atoms with E-state index in [-0.39, 0.29) is 5.41 Å². The number of carboxylic acids is 1. The van der Waals surface area contributed by atoms with Crippen LogP contribution in [0.2, 0.25) is 0 Å². The number of hydrogen-bond donors (Lipinski definition) is 1. The summed E-state index contributed by atoms with van der Waals surface area (Å²) in [6, 6.07) is 0. The summed E-state index contributed by atoms with van der Waals surface area (Å²) in [5.74, 6) is 0.409. The number of hydrogen-bond acceptors (Lipinski definition) is 2. The summed E-state index contributed by atoms with van der Waals surface area (Å²) in [4.78, 5) is 14.5. The molecule has 116 valence electrons. The van der Waals surface area contributed by atoms with Crippen molar-refractivity contribution >= 4 is 17.3 Å². The lowest BCUT2D eigenvalue weighted by Crippen LogP contribution is -2.23. The number of aromatic carboxylic acids is 1. The molecule has 3 rings (SSSR count). The molecule has 2 nitrogen and oxygen atoms in total. The highest BCUT2D eigenvalue weighted by Gasteiger charge is 2.36. The maximum Gasteiger partial charge on any atom is 0.337 e. The summed E-state index contributed by atoms with van der Waals surface area (Å²) in [6.45, 7) is 6.84. The van der Waals surface area contributed by atoms with Crippen LogP contribution in [0.1, 0.15) is 84.5 Å². The van der Waals surface area contributed by atoms with Crippen LogP contribution in [0, 0.1) is 11.3 Å². The van der Waals surface area contributed by atoms with Gasteiger partial charge in [0.2, 0.25) is 0 Å². The van der Waals surface area contributed by atoms with Crippen LogP contribution in [0.15, 0.2) is 0 Å². The van der Waals surface area contributed by atoms with Crippen LogP contribution in [0.3, 0.4) is 0 Å². The van der Waals surface area contributed by atoms with E-state index >= 15 is 0 Å². The Balaban J connectivity index is 2.05. The summed E-state index contributed by atoms with van der Waals surface area (Å²) < 4.78 is 0. The third-order valence-electron chi connectivity index (χ3n) is 5.46. The average Bonchev–Trinajstić information content (AvgIpc) is 2.76. The van der Waals surface area contributed by atoms with Gasteiger partial charge in [0.15, 0.2) is 0 Å². The Hall–Kier alpha value is -0.830. The topological polar surface area (TPSA) is 37.3 Å². The van der Waals surface area contributed by atoms with Gasteiger partial charge in [-0.1, -0.05) is 40.0 Å². The molecule has 1 saturated carbocycles. The van der Waals surface area contributed by atoms with Gasteiger partial charge < -0.3 is 5.11 Å². The SMILES string of the molecule is C[C@@H]1CCCC[C@@H]1c1sc2c(c1C(=O)O)CC(C)(C)CC2. The maximum atomic E-state index is 11.9. The zero-order chi connectivity index (χ0) is 15.2. The second-order valence-electron chi connectivity index (χ2n) is 7.76. The van der Waals surface area contributed by atoms with Crippen LogP contribution in [-0.2, 0) is 12.8 Å². The van der Waals surface area contributed by atoms with Gasteiger partial charge >= 0.3 is 5.97 Å². The summed E-state index contributed by atoms with van der Waals surface area (Å²) >= 11 is 1.82. The van der Waals surface area contributed by atoms with E-state index in [1.165, 1.54) is 41.9 Å². The molecule has 1 aromatic heterocycles. The minimum atomic E-state index is -0.696. The second-order valence-corrected chi connectivity index (χ2v) is 8.89. The Bertz CT molecular complexity index is 556. The first kappa shape index (κ1) is 15.1. The average molecular weight is 306 g/mol. The first-order chi connectivity index (χ1) is 9.89. The van der Waals surface area contributed by atoms with Gasteiger partial charge in [-0.05, 0) is 48.5 Å². The third-order valence-corrected chi connectivity index (χ3v) is 6.89. The molecule has 0 aromatic carbocycles. The monoisotopic (exact) mass is 306 g/mol. The van der Waals surface area contributed by atoms with Crippen LogP contribution >= 0.6 is 11.3 Å². The Kier molecular flexibility index (Phi) is 3.89. The van der Waals surface area contributed by atoms with E-state index in [2.05, 4.69) is 20.8 Å². The standard InChI is InChI=1S/C18H26O2S/c1-11-6-4-5-7-12(11)16-15(17(19)20)13-10-18(2,3)9-8-14(13)21-16/h11-12H,4-10H2,1-3H3,(H,19,20)/t11-,12+/m1/s1. The van der Waals surface area contributed by atoms with Crippen LogP contribution in [-0.4, -0.2) is 11.1 Å². The minimum Gasteiger partial charge on any atom is -0.478 e. The van der Waals surface area contributed by atoms with Gasteiger partial charge in [0, 0.05) is 9.75 Å². The van der Waals surface area contributed by atoms with Crippen molar-refractivity contribution in [3.05, 3.63) is 20.9 Å². The van der Waals surface area contributed by atoms with Crippen molar-refractivity contribution in [3.63, 3.8) is 0 Å². The van der Waals surface area contributed by atoms with Gasteiger partial charge in [0.05, 0.1) is 5.56 Å². The van der Waals surface area contributed by atoms with E-state index in [0.717, 1.165) is 18.4 Å². The van der Waals surface area contributed by atoms with E-state index in [4.69, 9.17) is 0 Å². The molecule has 0 spiro atoms. The van der Waals surface area contributed by atoms with Crippen molar-refractivity contribution < 1.29 is 9.90 Å². The molecule has 2 atom stereocenters. The van der Waals surface area contributed by atoms with Gasteiger partial charge in [0.1, 0.15) is 0 Å². The fourth-order valence-corrected chi connectivity index (χ4v) is 5.72. The molecule has 0 bridgehead atoms. The first-order valence-corrected chi connectivity index (χ1v) is 9.08. The summed E-state index contributed by atoms with van der Waals surface area (Å²) in [5, 5.41) is 9.80. The predicted octanol–water partition coefficient (Wildman–Crippen LogP) is 5.25. The Labute approximate surface area is 131 Å². The first-order valence-electron chi connectivity index (χ1n) is 8.27. The third kappa shape index (κ3) is 2.77. The molecule has 0 aliphatic heterocycles. The van der Waals surface area contributed by atoms with Gasteiger partial charge in [-0.15, -0.1) is 11.3 Å². The summed E-state index contributed by atoms with van der Waals surface area (Å²) in [5.41, 5.74) is 2.09.